The number of amides is 1. The quantitative estimate of drug-likeness (QED) is 0.559. The van der Waals surface area contributed by atoms with E-state index < -0.39 is 18.1 Å². The number of hydrogen-bond donors (Lipinski definition) is 2. The summed E-state index contributed by atoms with van der Waals surface area (Å²) in [5.74, 6) is -0.422. The van der Waals surface area contributed by atoms with E-state index in [1.54, 1.807) is 6.92 Å². The number of nitrogens with two attached hydrogens (primary N) is 1. The molecule has 0 saturated heterocycles. The van der Waals surface area contributed by atoms with Crippen LogP contribution in [0, 0.1) is 0 Å². The van der Waals surface area contributed by atoms with Gasteiger partial charge >= 0.3 is 5.97 Å². The van der Waals surface area contributed by atoms with Crippen LogP contribution in [0.3, 0.4) is 0 Å². The van der Waals surface area contributed by atoms with E-state index in [4.69, 9.17) is 10.5 Å². The summed E-state index contributed by atoms with van der Waals surface area (Å²) in [5.41, 5.74) is 6.79. The minimum absolute atomic E-state index is 0.176. The Balaban J connectivity index is 1.73. The lowest BCUT2D eigenvalue weighted by Gasteiger charge is -2.16. The molecule has 0 fully saturated rings. The number of ether oxygens (including phenoxy) is 1. The van der Waals surface area contributed by atoms with Gasteiger partial charge in [-0.3, -0.25) is 4.79 Å². The minimum Gasteiger partial charge on any atom is -0.459 e. The highest BCUT2D eigenvalue weighted by Crippen LogP contribution is 2.17. The van der Waals surface area contributed by atoms with Gasteiger partial charge in [-0.25, -0.2) is 4.79 Å². The molecule has 3 N–H and O–H groups in total. The van der Waals surface area contributed by atoms with Gasteiger partial charge < -0.3 is 15.8 Å². The summed E-state index contributed by atoms with van der Waals surface area (Å²) in [5, 5.41) is 2.60. The molecule has 2 aromatic rings. The van der Waals surface area contributed by atoms with Crippen molar-refractivity contribution in [2.75, 3.05) is 5.75 Å². The molecule has 6 heteroatoms. The van der Waals surface area contributed by atoms with Gasteiger partial charge in [-0.05, 0) is 24.6 Å². The Morgan fingerprint density at radius 2 is 1.68 bits per heavy atom. The van der Waals surface area contributed by atoms with Gasteiger partial charge in [-0.1, -0.05) is 48.5 Å². The highest BCUT2D eigenvalue weighted by Gasteiger charge is 2.21. The first kappa shape index (κ1) is 19.0. The Labute approximate surface area is 151 Å². The smallest absolute Gasteiger partial charge is 0.328 e. The van der Waals surface area contributed by atoms with Crippen molar-refractivity contribution in [3.8, 4) is 0 Å². The van der Waals surface area contributed by atoms with Crippen LogP contribution in [-0.2, 0) is 20.9 Å². The Morgan fingerprint density at radius 1 is 1.08 bits per heavy atom. The molecular weight excluding hydrogens is 336 g/mol. The fourth-order valence-corrected chi connectivity index (χ4v) is 2.88. The second kappa shape index (κ2) is 9.86. The third-order valence-electron chi connectivity index (χ3n) is 3.45. The molecule has 2 aromatic carbocycles. The van der Waals surface area contributed by atoms with E-state index in [2.05, 4.69) is 5.32 Å². The monoisotopic (exact) mass is 358 g/mol. The second-order valence-corrected chi connectivity index (χ2v) is 6.65. The zero-order chi connectivity index (χ0) is 18.1. The number of hydrogen-bond acceptors (Lipinski definition) is 5. The average Bonchev–Trinajstić information content (AvgIpc) is 2.65. The van der Waals surface area contributed by atoms with E-state index in [1.165, 1.54) is 11.8 Å². The van der Waals surface area contributed by atoms with Crippen LogP contribution in [0.15, 0.2) is 65.6 Å². The van der Waals surface area contributed by atoms with Crippen molar-refractivity contribution >= 4 is 23.6 Å². The first-order chi connectivity index (χ1) is 12.1. The van der Waals surface area contributed by atoms with Gasteiger partial charge in [0, 0.05) is 10.6 Å². The van der Waals surface area contributed by atoms with Crippen molar-refractivity contribution in [3.63, 3.8) is 0 Å². The van der Waals surface area contributed by atoms with Crippen LogP contribution in [-0.4, -0.2) is 29.7 Å². The molecule has 0 radical (unpaired) electrons. The molecule has 0 heterocycles. The van der Waals surface area contributed by atoms with Gasteiger partial charge in [0.15, 0.2) is 0 Å². The number of esters is 1. The summed E-state index contributed by atoms with van der Waals surface area (Å²) in [6.45, 7) is 1.76. The third kappa shape index (κ3) is 6.60. The van der Waals surface area contributed by atoms with Crippen LogP contribution in [0.25, 0.3) is 0 Å². The maximum atomic E-state index is 12.1. The molecule has 2 rings (SSSR count). The first-order valence-corrected chi connectivity index (χ1v) is 8.99. The second-order valence-electron chi connectivity index (χ2n) is 5.55. The summed E-state index contributed by atoms with van der Waals surface area (Å²) in [6, 6.07) is 17.6. The molecule has 1 amide bonds. The van der Waals surface area contributed by atoms with Crippen LogP contribution in [0.4, 0.5) is 0 Å². The SMILES string of the molecule is C[C@H](NC(=O)[C@@H](N)CSc1ccccc1)C(=O)OCc1ccccc1. The fraction of sp³-hybridized carbons (Fsp3) is 0.263. The summed E-state index contributed by atoms with van der Waals surface area (Å²) >= 11 is 1.50. The van der Waals surface area contributed by atoms with Crippen molar-refractivity contribution in [2.45, 2.75) is 30.5 Å². The summed E-state index contributed by atoms with van der Waals surface area (Å²) < 4.78 is 5.20. The Bertz CT molecular complexity index is 680. The summed E-state index contributed by atoms with van der Waals surface area (Å²) in [4.78, 5) is 25.1. The Kier molecular flexibility index (Phi) is 7.50. The molecule has 0 saturated carbocycles. The molecule has 0 aliphatic heterocycles. The van der Waals surface area contributed by atoms with Crippen LogP contribution >= 0.6 is 11.8 Å². The van der Waals surface area contributed by atoms with Gasteiger partial charge in [0.05, 0.1) is 6.04 Å². The number of carbonyl (C=O) groups excluding carboxylic acids is 2. The lowest BCUT2D eigenvalue weighted by molar-refractivity contribution is -0.148. The number of rotatable bonds is 8. The maximum absolute atomic E-state index is 12.1. The van der Waals surface area contributed by atoms with E-state index in [0.717, 1.165) is 10.5 Å². The van der Waals surface area contributed by atoms with E-state index in [0.29, 0.717) is 5.75 Å². The van der Waals surface area contributed by atoms with Gasteiger partial charge in [0.2, 0.25) is 5.91 Å². The molecule has 25 heavy (non-hydrogen) atoms. The normalized spacial score (nSPS) is 12.9. The van der Waals surface area contributed by atoms with Crippen molar-refractivity contribution in [1.29, 1.82) is 0 Å². The number of thioether (sulfide) groups is 1. The fourth-order valence-electron chi connectivity index (χ4n) is 2.01. The van der Waals surface area contributed by atoms with Gasteiger partial charge in [0.1, 0.15) is 12.6 Å². The van der Waals surface area contributed by atoms with E-state index in [-0.39, 0.29) is 12.5 Å². The molecule has 0 aliphatic rings. The molecule has 0 aliphatic carbocycles. The minimum atomic E-state index is -0.746. The van der Waals surface area contributed by atoms with Crippen molar-refractivity contribution in [2.24, 2.45) is 5.73 Å². The summed E-state index contributed by atoms with van der Waals surface area (Å²) in [6.07, 6.45) is 0. The first-order valence-electron chi connectivity index (χ1n) is 8.00. The van der Waals surface area contributed by atoms with Gasteiger partial charge in [-0.2, -0.15) is 0 Å². The van der Waals surface area contributed by atoms with Crippen molar-refractivity contribution < 1.29 is 14.3 Å². The molecule has 0 spiro atoms. The van der Waals surface area contributed by atoms with E-state index in [1.807, 2.05) is 60.7 Å². The lowest BCUT2D eigenvalue weighted by atomic mass is 10.2. The topological polar surface area (TPSA) is 81.4 Å². The van der Waals surface area contributed by atoms with Crippen molar-refractivity contribution in [3.05, 3.63) is 66.2 Å². The van der Waals surface area contributed by atoms with Gasteiger partial charge in [-0.15, -0.1) is 11.8 Å². The summed E-state index contributed by atoms with van der Waals surface area (Å²) in [7, 11) is 0. The molecule has 132 valence electrons. The molecule has 0 aromatic heterocycles. The third-order valence-corrected chi connectivity index (χ3v) is 4.58. The average molecular weight is 358 g/mol. The highest BCUT2D eigenvalue weighted by atomic mass is 32.2. The maximum Gasteiger partial charge on any atom is 0.328 e. The molecule has 5 nitrogen and oxygen atoms in total. The van der Waals surface area contributed by atoms with Crippen molar-refractivity contribution in [1.82, 2.24) is 5.32 Å². The zero-order valence-electron chi connectivity index (χ0n) is 14.1. The predicted molar refractivity (Wildman–Crippen MR) is 99.0 cm³/mol. The highest BCUT2D eigenvalue weighted by molar-refractivity contribution is 7.99. The lowest BCUT2D eigenvalue weighted by Crippen LogP contribution is -2.48. The van der Waals surface area contributed by atoms with Crippen LogP contribution in [0.5, 0.6) is 0 Å². The standard InChI is InChI=1S/C19H22N2O3S/c1-14(19(23)24-12-15-8-4-2-5-9-15)21-18(22)17(20)13-25-16-10-6-3-7-11-16/h2-11,14,17H,12-13,20H2,1H3,(H,21,22)/t14-,17-/m0/s1. The molecule has 2 atom stereocenters. The van der Waals surface area contributed by atoms with Crippen LogP contribution < -0.4 is 11.1 Å². The zero-order valence-corrected chi connectivity index (χ0v) is 14.9. The van der Waals surface area contributed by atoms with E-state index in [9.17, 15) is 9.59 Å². The Morgan fingerprint density at radius 3 is 2.32 bits per heavy atom. The largest absolute Gasteiger partial charge is 0.459 e. The number of carbonyl (C=O) groups is 2. The number of benzene rings is 2. The Hall–Kier alpha value is -2.31. The van der Waals surface area contributed by atoms with Gasteiger partial charge in [0.25, 0.3) is 0 Å². The molecule has 0 bridgehead atoms. The molecule has 0 unspecified atom stereocenters. The molecular formula is C19H22N2O3S. The van der Waals surface area contributed by atoms with E-state index >= 15 is 0 Å². The number of nitrogens with one attached hydrogen (secondary N) is 1. The van der Waals surface area contributed by atoms with Crippen LogP contribution in [0.1, 0.15) is 12.5 Å². The predicted octanol–water partition coefficient (Wildman–Crippen LogP) is 2.35. The van der Waals surface area contributed by atoms with Crippen LogP contribution in [0.2, 0.25) is 0 Å².